The van der Waals surface area contributed by atoms with Gasteiger partial charge < -0.3 is 25.2 Å². The number of ether oxygens (including phenoxy) is 1. The van der Waals surface area contributed by atoms with E-state index in [0.717, 1.165) is 22.3 Å². The number of β-amino-alcohol motifs (C(OH)–C–C–N with tert-alkyl or cyclic N) is 1. The monoisotopic (exact) mass is 466 g/mol. The van der Waals surface area contributed by atoms with Crippen molar-refractivity contribution in [3.05, 3.63) is 59.7 Å². The molecule has 0 spiro atoms. The third-order valence-electron chi connectivity index (χ3n) is 6.67. The van der Waals surface area contributed by atoms with E-state index in [1.165, 1.54) is 4.90 Å². The smallest absolute Gasteiger partial charge is 0.407 e. The average Bonchev–Trinajstić information content (AvgIpc) is 3.38. The maximum absolute atomic E-state index is 13.0. The molecule has 2 aliphatic rings. The molecule has 8 heteroatoms. The highest BCUT2D eigenvalue weighted by Gasteiger charge is 2.41. The van der Waals surface area contributed by atoms with Gasteiger partial charge >= 0.3 is 12.1 Å². The van der Waals surface area contributed by atoms with Crippen LogP contribution in [-0.4, -0.2) is 64.9 Å². The van der Waals surface area contributed by atoms with Crippen molar-refractivity contribution < 1.29 is 29.3 Å². The standard InChI is InChI=1S/C26H30N2O6/c1-2-7-16(24(30)28-14-17(29)12-23(28)25(31)32)13-27-26(33)34-15-22-20-10-5-3-8-18(20)19-9-4-6-11-21(19)22/h3-6,8-11,16-17,22-23,29H,2,7,12-15H2,1H3,(H,27,33)(H,31,32)/t16?,17?,23-/m0/s1. The largest absolute Gasteiger partial charge is 0.480 e. The molecule has 1 saturated heterocycles. The number of aliphatic hydroxyl groups is 1. The number of aliphatic carboxylic acids is 1. The summed E-state index contributed by atoms with van der Waals surface area (Å²) in [4.78, 5) is 38.2. The summed E-state index contributed by atoms with van der Waals surface area (Å²) >= 11 is 0. The third kappa shape index (κ3) is 4.77. The van der Waals surface area contributed by atoms with E-state index in [1.807, 2.05) is 43.3 Å². The molecular weight excluding hydrogens is 436 g/mol. The van der Waals surface area contributed by atoms with Crippen LogP contribution >= 0.6 is 0 Å². The fourth-order valence-electron chi connectivity index (χ4n) is 5.04. The van der Waals surface area contributed by atoms with Crippen LogP contribution in [0.15, 0.2) is 48.5 Å². The van der Waals surface area contributed by atoms with E-state index in [1.54, 1.807) is 0 Å². The van der Waals surface area contributed by atoms with Gasteiger partial charge in [0.15, 0.2) is 0 Å². The second-order valence-electron chi connectivity index (χ2n) is 8.93. The highest BCUT2D eigenvalue weighted by Crippen LogP contribution is 2.44. The van der Waals surface area contributed by atoms with E-state index in [-0.39, 0.29) is 37.9 Å². The Morgan fingerprint density at radius 3 is 2.29 bits per heavy atom. The van der Waals surface area contributed by atoms with Crippen LogP contribution < -0.4 is 5.32 Å². The first kappa shape index (κ1) is 23.8. The van der Waals surface area contributed by atoms with E-state index in [0.29, 0.717) is 12.8 Å². The number of carbonyl (C=O) groups is 3. The summed E-state index contributed by atoms with van der Waals surface area (Å²) in [6.07, 6.45) is -0.285. The van der Waals surface area contributed by atoms with Gasteiger partial charge in [-0.25, -0.2) is 9.59 Å². The van der Waals surface area contributed by atoms with E-state index < -0.39 is 30.1 Å². The molecule has 2 aromatic carbocycles. The van der Waals surface area contributed by atoms with Crippen LogP contribution in [0.5, 0.6) is 0 Å². The Morgan fingerprint density at radius 1 is 1.09 bits per heavy atom. The number of nitrogens with one attached hydrogen (secondary N) is 1. The molecule has 0 aromatic heterocycles. The number of alkyl carbamates (subject to hydrolysis) is 1. The Hall–Kier alpha value is -3.39. The lowest BCUT2D eigenvalue weighted by molar-refractivity contribution is -0.150. The molecule has 34 heavy (non-hydrogen) atoms. The van der Waals surface area contributed by atoms with Gasteiger partial charge in [0.25, 0.3) is 0 Å². The summed E-state index contributed by atoms with van der Waals surface area (Å²) in [6.45, 7) is 2.12. The second kappa shape index (κ2) is 10.3. The molecule has 8 nitrogen and oxygen atoms in total. The Morgan fingerprint density at radius 2 is 1.71 bits per heavy atom. The van der Waals surface area contributed by atoms with E-state index in [4.69, 9.17) is 4.74 Å². The van der Waals surface area contributed by atoms with Gasteiger partial charge in [-0.3, -0.25) is 4.79 Å². The van der Waals surface area contributed by atoms with Crippen LogP contribution in [0.2, 0.25) is 0 Å². The van der Waals surface area contributed by atoms with Gasteiger partial charge in [0.1, 0.15) is 12.6 Å². The Labute approximate surface area is 198 Å². The first-order valence-electron chi connectivity index (χ1n) is 11.7. The van der Waals surface area contributed by atoms with Crippen LogP contribution in [-0.2, 0) is 14.3 Å². The van der Waals surface area contributed by atoms with Crippen molar-refractivity contribution in [1.82, 2.24) is 10.2 Å². The quantitative estimate of drug-likeness (QED) is 0.551. The Bertz CT molecular complexity index is 1030. The molecule has 0 saturated carbocycles. The molecule has 1 aliphatic carbocycles. The molecule has 2 aromatic rings. The Balaban J connectivity index is 1.36. The fraction of sp³-hybridized carbons (Fsp3) is 0.423. The number of amides is 2. The van der Waals surface area contributed by atoms with Crippen LogP contribution in [0.25, 0.3) is 11.1 Å². The summed E-state index contributed by atoms with van der Waals surface area (Å²) in [5.41, 5.74) is 4.51. The number of carboxylic acid groups (broad SMARTS) is 1. The summed E-state index contributed by atoms with van der Waals surface area (Å²) in [5, 5.41) is 21.9. The first-order chi connectivity index (χ1) is 16.4. The number of fused-ring (bicyclic) bond motifs is 3. The predicted octanol–water partition coefficient (Wildman–Crippen LogP) is 2.99. The minimum absolute atomic E-state index is 0.0129. The summed E-state index contributed by atoms with van der Waals surface area (Å²) in [6, 6.07) is 15.1. The maximum atomic E-state index is 13.0. The number of carbonyl (C=O) groups excluding carboxylic acids is 2. The van der Waals surface area contributed by atoms with Crippen molar-refractivity contribution >= 4 is 18.0 Å². The lowest BCUT2D eigenvalue weighted by Gasteiger charge is -2.26. The van der Waals surface area contributed by atoms with Crippen LogP contribution in [0.3, 0.4) is 0 Å². The number of carboxylic acids is 1. The molecule has 1 heterocycles. The second-order valence-corrected chi connectivity index (χ2v) is 8.93. The number of hydrogen-bond donors (Lipinski definition) is 3. The van der Waals surface area contributed by atoms with Gasteiger partial charge in [-0.2, -0.15) is 0 Å². The normalized spacial score (nSPS) is 19.9. The lowest BCUT2D eigenvalue weighted by Crippen LogP contribution is -2.46. The molecule has 0 bridgehead atoms. The molecule has 0 radical (unpaired) electrons. The number of hydrogen-bond acceptors (Lipinski definition) is 5. The van der Waals surface area contributed by atoms with Gasteiger partial charge in [0, 0.05) is 25.4 Å². The number of aliphatic hydroxyl groups excluding tert-OH is 1. The van der Waals surface area contributed by atoms with Crippen molar-refractivity contribution in [2.75, 3.05) is 19.7 Å². The average molecular weight is 467 g/mol. The third-order valence-corrected chi connectivity index (χ3v) is 6.67. The fourth-order valence-corrected chi connectivity index (χ4v) is 5.04. The van der Waals surface area contributed by atoms with Gasteiger partial charge in [0.05, 0.1) is 12.0 Å². The van der Waals surface area contributed by atoms with Gasteiger partial charge in [-0.1, -0.05) is 61.9 Å². The maximum Gasteiger partial charge on any atom is 0.407 e. The Kier molecular flexibility index (Phi) is 7.17. The number of benzene rings is 2. The van der Waals surface area contributed by atoms with Gasteiger partial charge in [-0.05, 0) is 28.7 Å². The van der Waals surface area contributed by atoms with Crippen LogP contribution in [0.1, 0.15) is 43.2 Å². The highest BCUT2D eigenvalue weighted by molar-refractivity contribution is 5.86. The van der Waals surface area contributed by atoms with Crippen LogP contribution in [0, 0.1) is 5.92 Å². The summed E-state index contributed by atoms with van der Waals surface area (Å²) in [7, 11) is 0. The topological polar surface area (TPSA) is 116 Å². The molecule has 3 N–H and O–H groups in total. The van der Waals surface area contributed by atoms with Crippen molar-refractivity contribution in [1.29, 1.82) is 0 Å². The summed E-state index contributed by atoms with van der Waals surface area (Å²) < 4.78 is 5.54. The summed E-state index contributed by atoms with van der Waals surface area (Å²) in [5.74, 6) is -2.15. The highest BCUT2D eigenvalue weighted by atomic mass is 16.5. The first-order valence-corrected chi connectivity index (χ1v) is 11.7. The van der Waals surface area contributed by atoms with Crippen LogP contribution in [0.4, 0.5) is 4.79 Å². The molecular formula is C26H30N2O6. The zero-order valence-electron chi connectivity index (χ0n) is 19.1. The zero-order valence-corrected chi connectivity index (χ0v) is 19.1. The van der Waals surface area contributed by atoms with Gasteiger partial charge in [0.2, 0.25) is 5.91 Å². The molecule has 4 rings (SSSR count). The molecule has 2 amide bonds. The SMILES string of the molecule is CCCC(CNC(=O)OCC1c2ccccc2-c2ccccc21)C(=O)N1CC(O)C[C@H]1C(=O)O. The van der Waals surface area contributed by atoms with Crippen molar-refractivity contribution in [2.24, 2.45) is 5.92 Å². The van der Waals surface area contributed by atoms with Gasteiger partial charge in [-0.15, -0.1) is 0 Å². The van der Waals surface area contributed by atoms with Crippen molar-refractivity contribution in [3.8, 4) is 11.1 Å². The van der Waals surface area contributed by atoms with E-state index in [9.17, 15) is 24.6 Å². The van der Waals surface area contributed by atoms with E-state index in [2.05, 4.69) is 17.4 Å². The number of nitrogens with zero attached hydrogens (tertiary/aromatic N) is 1. The molecule has 1 aliphatic heterocycles. The predicted molar refractivity (Wildman–Crippen MR) is 125 cm³/mol. The number of likely N-dealkylation sites (tertiary alicyclic amines) is 1. The minimum Gasteiger partial charge on any atom is -0.480 e. The minimum atomic E-state index is -1.13. The van der Waals surface area contributed by atoms with E-state index >= 15 is 0 Å². The molecule has 1 fully saturated rings. The van der Waals surface area contributed by atoms with Crippen molar-refractivity contribution in [3.63, 3.8) is 0 Å². The van der Waals surface area contributed by atoms with Crippen molar-refractivity contribution in [2.45, 2.75) is 44.2 Å². The molecule has 3 atom stereocenters. The zero-order chi connectivity index (χ0) is 24.2. The number of rotatable bonds is 8. The molecule has 180 valence electrons. The lowest BCUT2D eigenvalue weighted by atomic mass is 9.98. The molecule has 2 unspecified atom stereocenters.